The molecule has 68 valence electrons. The lowest BCUT2D eigenvalue weighted by Gasteiger charge is -2.14. The molecule has 0 saturated carbocycles. The maximum Gasteiger partial charge on any atom is 0.336 e. The molecule has 12 heavy (non-hydrogen) atoms. The van der Waals surface area contributed by atoms with Gasteiger partial charge in [-0.1, -0.05) is 0 Å². The summed E-state index contributed by atoms with van der Waals surface area (Å²) in [6.07, 6.45) is 3.78. The lowest BCUT2D eigenvalue weighted by Crippen LogP contribution is -2.41. The van der Waals surface area contributed by atoms with Crippen LogP contribution in [0.25, 0.3) is 0 Å². The van der Waals surface area contributed by atoms with Crippen molar-refractivity contribution in [3.05, 3.63) is 0 Å². The van der Waals surface area contributed by atoms with Crippen molar-refractivity contribution in [3.8, 4) is 12.3 Å². The number of esters is 1. The molecule has 4 nitrogen and oxygen atoms in total. The maximum absolute atomic E-state index is 10.8. The van der Waals surface area contributed by atoms with E-state index in [-0.39, 0.29) is 13.0 Å². The van der Waals surface area contributed by atoms with Crippen molar-refractivity contribution >= 4 is 5.97 Å². The summed E-state index contributed by atoms with van der Waals surface area (Å²) in [5.74, 6) is 1.53. The van der Waals surface area contributed by atoms with Gasteiger partial charge in [-0.05, 0) is 6.92 Å². The molecule has 0 fully saturated rings. The van der Waals surface area contributed by atoms with Gasteiger partial charge >= 0.3 is 5.97 Å². The summed E-state index contributed by atoms with van der Waals surface area (Å²) in [5, 5.41) is 9.15. The number of terminal acetylenes is 1. The van der Waals surface area contributed by atoms with E-state index in [0.29, 0.717) is 0 Å². The van der Waals surface area contributed by atoms with E-state index in [2.05, 4.69) is 10.7 Å². The Hall–Kier alpha value is -1.05. The molecule has 0 spiro atoms. The molecule has 0 aromatic rings. The Kier molecular flexibility index (Phi) is 5.09. The normalized spacial score (nSPS) is 14.5. The molecular weight excluding hydrogens is 158 g/mol. The first-order chi connectivity index (χ1) is 5.63. The summed E-state index contributed by atoms with van der Waals surface area (Å²) in [5.41, 5.74) is 5.37. The van der Waals surface area contributed by atoms with Gasteiger partial charge in [0.15, 0.2) is 6.10 Å². The third kappa shape index (κ3) is 3.37. The topological polar surface area (TPSA) is 72.5 Å². The van der Waals surface area contributed by atoms with Gasteiger partial charge in [-0.25, -0.2) is 4.79 Å². The number of rotatable bonds is 4. The number of ether oxygens (including phenoxy) is 1. The second-order valence-corrected chi connectivity index (χ2v) is 2.27. The molecule has 3 N–H and O–H groups in total. The molecule has 2 atom stereocenters. The fourth-order valence-electron chi connectivity index (χ4n) is 0.650. The van der Waals surface area contributed by atoms with Crippen LogP contribution in [-0.4, -0.2) is 29.8 Å². The van der Waals surface area contributed by atoms with E-state index in [0.717, 1.165) is 0 Å². The van der Waals surface area contributed by atoms with Crippen LogP contribution in [0.2, 0.25) is 0 Å². The highest BCUT2D eigenvalue weighted by Crippen LogP contribution is 1.97. The van der Waals surface area contributed by atoms with E-state index in [1.54, 1.807) is 6.92 Å². The largest absolute Gasteiger partial charge is 0.464 e. The van der Waals surface area contributed by atoms with Gasteiger partial charge < -0.3 is 15.6 Å². The maximum atomic E-state index is 10.8. The standard InChI is InChI=1S/C8H13NO3/c1-3-5-6(9)7(10)8(11)12-4-2/h1,6-7,10H,4-5,9H2,2H3. The second kappa shape index (κ2) is 5.58. The quantitative estimate of drug-likeness (QED) is 0.431. The fraction of sp³-hybridized carbons (Fsp3) is 0.625. The lowest BCUT2D eigenvalue weighted by molar-refractivity contribution is -0.154. The average molecular weight is 171 g/mol. The van der Waals surface area contributed by atoms with Crippen molar-refractivity contribution in [2.45, 2.75) is 25.5 Å². The van der Waals surface area contributed by atoms with Crippen molar-refractivity contribution in [2.24, 2.45) is 5.73 Å². The van der Waals surface area contributed by atoms with Crippen LogP contribution in [0, 0.1) is 12.3 Å². The Balaban J connectivity index is 3.92. The number of nitrogens with two attached hydrogens (primary N) is 1. The zero-order chi connectivity index (χ0) is 9.56. The molecule has 0 saturated heterocycles. The lowest BCUT2D eigenvalue weighted by atomic mass is 10.1. The highest BCUT2D eigenvalue weighted by molar-refractivity contribution is 5.75. The smallest absolute Gasteiger partial charge is 0.336 e. The molecule has 2 unspecified atom stereocenters. The van der Waals surface area contributed by atoms with Gasteiger partial charge in [0.2, 0.25) is 0 Å². The second-order valence-electron chi connectivity index (χ2n) is 2.27. The Morgan fingerprint density at radius 1 is 1.83 bits per heavy atom. The van der Waals surface area contributed by atoms with Crippen LogP contribution in [0.5, 0.6) is 0 Å². The van der Waals surface area contributed by atoms with E-state index in [1.165, 1.54) is 0 Å². The molecule has 4 heteroatoms. The molecule has 0 aromatic heterocycles. The minimum atomic E-state index is -1.32. The van der Waals surface area contributed by atoms with Crippen LogP contribution < -0.4 is 5.73 Å². The molecule has 0 amide bonds. The first-order valence-corrected chi connectivity index (χ1v) is 3.67. The van der Waals surface area contributed by atoms with E-state index in [1.807, 2.05) is 0 Å². The van der Waals surface area contributed by atoms with Crippen molar-refractivity contribution in [1.82, 2.24) is 0 Å². The fourth-order valence-corrected chi connectivity index (χ4v) is 0.650. The molecule has 0 bridgehead atoms. The van der Waals surface area contributed by atoms with E-state index < -0.39 is 18.1 Å². The summed E-state index contributed by atoms with van der Waals surface area (Å²) in [6.45, 7) is 1.87. The van der Waals surface area contributed by atoms with Crippen molar-refractivity contribution in [3.63, 3.8) is 0 Å². The van der Waals surface area contributed by atoms with Gasteiger partial charge in [-0.15, -0.1) is 12.3 Å². The highest BCUT2D eigenvalue weighted by Gasteiger charge is 2.22. The van der Waals surface area contributed by atoms with Gasteiger partial charge in [0.1, 0.15) is 0 Å². The van der Waals surface area contributed by atoms with Crippen LogP contribution >= 0.6 is 0 Å². The Bertz CT molecular complexity index is 185. The first kappa shape index (κ1) is 11.0. The van der Waals surface area contributed by atoms with Gasteiger partial charge in [0, 0.05) is 6.42 Å². The monoisotopic (exact) mass is 171 g/mol. The van der Waals surface area contributed by atoms with Crippen molar-refractivity contribution < 1.29 is 14.6 Å². The molecule has 0 aromatic carbocycles. The minimum absolute atomic E-state index is 0.153. The van der Waals surface area contributed by atoms with Crippen molar-refractivity contribution in [1.29, 1.82) is 0 Å². The number of aliphatic hydroxyl groups excluding tert-OH is 1. The molecular formula is C8H13NO3. The molecule has 0 aliphatic heterocycles. The van der Waals surface area contributed by atoms with E-state index >= 15 is 0 Å². The summed E-state index contributed by atoms with van der Waals surface area (Å²) in [6, 6.07) is -0.742. The van der Waals surface area contributed by atoms with Crippen LogP contribution in [-0.2, 0) is 9.53 Å². The van der Waals surface area contributed by atoms with Gasteiger partial charge in [-0.3, -0.25) is 0 Å². The number of hydrogen-bond donors (Lipinski definition) is 2. The van der Waals surface area contributed by atoms with Gasteiger partial charge in [0.25, 0.3) is 0 Å². The molecule has 0 radical (unpaired) electrons. The van der Waals surface area contributed by atoms with Crippen LogP contribution in [0.1, 0.15) is 13.3 Å². The molecule has 0 aliphatic carbocycles. The van der Waals surface area contributed by atoms with E-state index in [4.69, 9.17) is 17.3 Å². The van der Waals surface area contributed by atoms with Gasteiger partial charge in [0.05, 0.1) is 12.6 Å². The third-order valence-electron chi connectivity index (χ3n) is 1.29. The number of aliphatic hydroxyl groups is 1. The summed E-state index contributed by atoms with van der Waals surface area (Å²) in [4.78, 5) is 10.8. The number of carbonyl (C=O) groups excluding carboxylic acids is 1. The number of carbonyl (C=O) groups is 1. The van der Waals surface area contributed by atoms with Crippen LogP contribution in [0.3, 0.4) is 0 Å². The average Bonchev–Trinajstić information content (AvgIpc) is 2.04. The summed E-state index contributed by atoms with van der Waals surface area (Å²) in [7, 11) is 0. The third-order valence-corrected chi connectivity index (χ3v) is 1.29. The Labute approximate surface area is 71.7 Å². The summed E-state index contributed by atoms with van der Waals surface area (Å²) < 4.78 is 4.53. The zero-order valence-corrected chi connectivity index (χ0v) is 6.99. The van der Waals surface area contributed by atoms with Crippen LogP contribution in [0.4, 0.5) is 0 Å². The van der Waals surface area contributed by atoms with Crippen molar-refractivity contribution in [2.75, 3.05) is 6.61 Å². The zero-order valence-electron chi connectivity index (χ0n) is 6.99. The Morgan fingerprint density at radius 2 is 2.42 bits per heavy atom. The summed E-state index contributed by atoms with van der Waals surface area (Å²) >= 11 is 0. The highest BCUT2D eigenvalue weighted by atomic mass is 16.5. The molecule has 0 heterocycles. The predicted octanol–water partition coefficient (Wildman–Crippen LogP) is -0.739. The van der Waals surface area contributed by atoms with Gasteiger partial charge in [-0.2, -0.15) is 0 Å². The van der Waals surface area contributed by atoms with Crippen LogP contribution in [0.15, 0.2) is 0 Å². The first-order valence-electron chi connectivity index (χ1n) is 3.67. The minimum Gasteiger partial charge on any atom is -0.464 e. The molecule has 0 rings (SSSR count). The number of hydrogen-bond acceptors (Lipinski definition) is 4. The molecule has 0 aliphatic rings. The predicted molar refractivity (Wildman–Crippen MR) is 44.1 cm³/mol. The SMILES string of the molecule is C#CCC(N)C(O)C(=O)OCC. The Morgan fingerprint density at radius 3 is 2.83 bits per heavy atom. The van der Waals surface area contributed by atoms with E-state index in [9.17, 15) is 4.79 Å².